The number of aryl methyl sites for hydroxylation is 1. The Morgan fingerprint density at radius 3 is 2.83 bits per heavy atom. The second kappa shape index (κ2) is 7.24. The number of nitrogens with zero attached hydrogens (tertiary/aromatic N) is 1. The number of carbonyl (C=O) groups is 1. The molecule has 0 saturated carbocycles. The second-order valence-corrected chi connectivity index (χ2v) is 6.31. The quantitative estimate of drug-likeness (QED) is 0.736. The van der Waals surface area contributed by atoms with E-state index in [2.05, 4.69) is 17.2 Å². The molecule has 0 atom stereocenters. The van der Waals surface area contributed by atoms with Gasteiger partial charge in [-0.25, -0.2) is 4.98 Å². The standard InChI is InChI=1S/C18H18N2O2S/c1-2-6-18-20-15-10-9-13(11-16(15)23-18)19-17(21)12-22-14-7-4-3-5-8-14/h3-5,7-11H,2,6,12H2,1H3,(H,19,21). The van der Waals surface area contributed by atoms with Crippen molar-refractivity contribution in [2.45, 2.75) is 19.8 Å². The first-order valence-electron chi connectivity index (χ1n) is 7.62. The fourth-order valence-electron chi connectivity index (χ4n) is 2.23. The number of ether oxygens (including phenoxy) is 1. The highest BCUT2D eigenvalue weighted by Gasteiger charge is 2.07. The van der Waals surface area contributed by atoms with E-state index in [1.165, 1.54) is 0 Å². The van der Waals surface area contributed by atoms with Gasteiger partial charge in [-0.3, -0.25) is 4.79 Å². The SMILES string of the molecule is CCCc1nc2ccc(NC(=O)COc3ccccc3)cc2s1. The van der Waals surface area contributed by atoms with Gasteiger partial charge in [0.1, 0.15) is 5.75 Å². The van der Waals surface area contributed by atoms with E-state index in [1.807, 2.05) is 48.5 Å². The highest BCUT2D eigenvalue weighted by atomic mass is 32.1. The van der Waals surface area contributed by atoms with Crippen molar-refractivity contribution in [2.24, 2.45) is 0 Å². The lowest BCUT2D eigenvalue weighted by molar-refractivity contribution is -0.118. The molecule has 1 amide bonds. The predicted molar refractivity (Wildman–Crippen MR) is 94.2 cm³/mol. The van der Waals surface area contributed by atoms with Crippen molar-refractivity contribution in [1.82, 2.24) is 4.98 Å². The molecule has 5 heteroatoms. The number of fused-ring (bicyclic) bond motifs is 1. The van der Waals surface area contributed by atoms with Crippen LogP contribution in [0.1, 0.15) is 18.4 Å². The molecule has 0 saturated heterocycles. The molecule has 0 unspecified atom stereocenters. The van der Waals surface area contributed by atoms with Gasteiger partial charge in [0, 0.05) is 5.69 Å². The van der Waals surface area contributed by atoms with Crippen LogP contribution in [0.3, 0.4) is 0 Å². The predicted octanol–water partition coefficient (Wildman–Crippen LogP) is 4.27. The molecular weight excluding hydrogens is 308 g/mol. The maximum Gasteiger partial charge on any atom is 0.262 e. The molecule has 1 N–H and O–H groups in total. The Labute approximate surface area is 139 Å². The summed E-state index contributed by atoms with van der Waals surface area (Å²) < 4.78 is 6.53. The number of thiazole rings is 1. The van der Waals surface area contributed by atoms with Gasteiger partial charge in [0.2, 0.25) is 0 Å². The number of anilines is 1. The first-order valence-corrected chi connectivity index (χ1v) is 8.43. The molecule has 0 fully saturated rings. The minimum atomic E-state index is -0.175. The van der Waals surface area contributed by atoms with Crippen molar-refractivity contribution in [3.63, 3.8) is 0 Å². The molecule has 0 aliphatic heterocycles. The molecule has 0 aliphatic carbocycles. The molecule has 23 heavy (non-hydrogen) atoms. The Morgan fingerprint density at radius 1 is 1.22 bits per heavy atom. The third-order valence-electron chi connectivity index (χ3n) is 3.29. The van der Waals surface area contributed by atoms with E-state index in [4.69, 9.17) is 4.74 Å². The van der Waals surface area contributed by atoms with Crippen molar-refractivity contribution >= 4 is 33.1 Å². The Kier molecular flexibility index (Phi) is 4.88. The molecule has 1 aromatic heterocycles. The number of benzene rings is 2. The smallest absolute Gasteiger partial charge is 0.262 e. The van der Waals surface area contributed by atoms with Crippen LogP contribution in [0.2, 0.25) is 0 Å². The number of nitrogens with one attached hydrogen (secondary N) is 1. The van der Waals surface area contributed by atoms with Crippen molar-refractivity contribution in [3.8, 4) is 5.75 Å². The van der Waals surface area contributed by atoms with Gasteiger partial charge in [-0.15, -0.1) is 11.3 Å². The number of aromatic nitrogens is 1. The molecule has 0 aliphatic rings. The largest absolute Gasteiger partial charge is 0.484 e. The molecule has 118 valence electrons. The van der Waals surface area contributed by atoms with Crippen LogP contribution in [0.25, 0.3) is 10.2 Å². The summed E-state index contributed by atoms with van der Waals surface area (Å²) in [5.41, 5.74) is 1.75. The summed E-state index contributed by atoms with van der Waals surface area (Å²) in [7, 11) is 0. The minimum absolute atomic E-state index is 0.00811. The Hall–Kier alpha value is -2.40. The number of hydrogen-bond donors (Lipinski definition) is 1. The van der Waals surface area contributed by atoms with Gasteiger partial charge < -0.3 is 10.1 Å². The fraction of sp³-hybridized carbons (Fsp3) is 0.222. The maximum atomic E-state index is 12.0. The average Bonchev–Trinajstić information content (AvgIpc) is 2.96. The molecule has 3 rings (SSSR count). The van der Waals surface area contributed by atoms with Gasteiger partial charge in [0.25, 0.3) is 5.91 Å². The number of carbonyl (C=O) groups excluding carboxylic acids is 1. The van der Waals surface area contributed by atoms with Crippen LogP contribution in [0, 0.1) is 0 Å². The monoisotopic (exact) mass is 326 g/mol. The zero-order valence-corrected chi connectivity index (χ0v) is 13.7. The van der Waals surface area contributed by atoms with Gasteiger partial charge in [-0.2, -0.15) is 0 Å². The molecule has 0 bridgehead atoms. The van der Waals surface area contributed by atoms with Crippen molar-refractivity contribution in [3.05, 3.63) is 53.5 Å². The zero-order valence-electron chi connectivity index (χ0n) is 12.9. The number of rotatable bonds is 6. The highest BCUT2D eigenvalue weighted by molar-refractivity contribution is 7.18. The highest BCUT2D eigenvalue weighted by Crippen LogP contribution is 2.26. The molecule has 1 heterocycles. The van der Waals surface area contributed by atoms with Gasteiger partial charge in [0.05, 0.1) is 15.2 Å². The Balaban J connectivity index is 1.62. The Bertz CT molecular complexity index is 799. The first kappa shape index (κ1) is 15.5. The molecule has 2 aromatic carbocycles. The summed E-state index contributed by atoms with van der Waals surface area (Å²) >= 11 is 1.68. The third kappa shape index (κ3) is 4.07. The van der Waals surface area contributed by atoms with Gasteiger partial charge in [0.15, 0.2) is 6.61 Å². The lowest BCUT2D eigenvalue weighted by Crippen LogP contribution is -2.20. The van der Waals surface area contributed by atoms with Gasteiger partial charge >= 0.3 is 0 Å². The van der Waals surface area contributed by atoms with Crippen LogP contribution < -0.4 is 10.1 Å². The zero-order chi connectivity index (χ0) is 16.1. The van der Waals surface area contributed by atoms with Gasteiger partial charge in [-0.1, -0.05) is 25.1 Å². The molecule has 0 radical (unpaired) electrons. The van der Waals surface area contributed by atoms with Gasteiger partial charge in [-0.05, 0) is 43.2 Å². The lowest BCUT2D eigenvalue weighted by atomic mass is 10.3. The van der Waals surface area contributed by atoms with E-state index in [-0.39, 0.29) is 12.5 Å². The van der Waals surface area contributed by atoms with Crippen LogP contribution in [-0.4, -0.2) is 17.5 Å². The summed E-state index contributed by atoms with van der Waals surface area (Å²) in [5.74, 6) is 0.510. The summed E-state index contributed by atoms with van der Waals surface area (Å²) in [4.78, 5) is 16.6. The van der Waals surface area contributed by atoms with E-state index in [1.54, 1.807) is 11.3 Å². The lowest BCUT2D eigenvalue weighted by Gasteiger charge is -2.07. The van der Waals surface area contributed by atoms with E-state index < -0.39 is 0 Å². The van der Waals surface area contributed by atoms with Crippen molar-refractivity contribution < 1.29 is 9.53 Å². The van der Waals surface area contributed by atoms with E-state index >= 15 is 0 Å². The molecular formula is C18H18N2O2S. The topological polar surface area (TPSA) is 51.2 Å². The van der Waals surface area contributed by atoms with E-state index in [0.29, 0.717) is 5.75 Å². The van der Waals surface area contributed by atoms with Crippen LogP contribution in [0.4, 0.5) is 5.69 Å². The molecule has 0 spiro atoms. The number of para-hydroxylation sites is 1. The average molecular weight is 326 g/mol. The van der Waals surface area contributed by atoms with E-state index in [9.17, 15) is 4.79 Å². The number of amides is 1. The summed E-state index contributed by atoms with van der Waals surface area (Å²) in [6.45, 7) is 2.14. The van der Waals surface area contributed by atoms with Crippen molar-refractivity contribution in [1.29, 1.82) is 0 Å². The normalized spacial score (nSPS) is 10.7. The van der Waals surface area contributed by atoms with E-state index in [0.717, 1.165) is 33.8 Å². The van der Waals surface area contributed by atoms with Crippen LogP contribution >= 0.6 is 11.3 Å². The second-order valence-electron chi connectivity index (χ2n) is 5.19. The summed E-state index contributed by atoms with van der Waals surface area (Å²) in [6.07, 6.45) is 2.08. The minimum Gasteiger partial charge on any atom is -0.484 e. The van der Waals surface area contributed by atoms with Crippen LogP contribution in [0.5, 0.6) is 5.75 Å². The van der Waals surface area contributed by atoms with Crippen LogP contribution in [0.15, 0.2) is 48.5 Å². The molecule has 4 nitrogen and oxygen atoms in total. The fourth-order valence-corrected chi connectivity index (χ4v) is 3.34. The molecule has 3 aromatic rings. The number of hydrogen-bond acceptors (Lipinski definition) is 4. The summed E-state index contributed by atoms with van der Waals surface area (Å²) in [5, 5.41) is 4.00. The first-order chi connectivity index (χ1) is 11.2. The maximum absolute atomic E-state index is 12.0. The Morgan fingerprint density at radius 2 is 2.04 bits per heavy atom. The van der Waals surface area contributed by atoms with Crippen LogP contribution in [-0.2, 0) is 11.2 Å². The third-order valence-corrected chi connectivity index (χ3v) is 4.37. The summed E-state index contributed by atoms with van der Waals surface area (Å²) in [6, 6.07) is 15.1. The van der Waals surface area contributed by atoms with Crippen molar-refractivity contribution in [2.75, 3.05) is 11.9 Å².